The summed E-state index contributed by atoms with van der Waals surface area (Å²) in [5.74, 6) is 0.760. The Hall–Kier alpha value is -0.0975. The van der Waals surface area contributed by atoms with Crippen molar-refractivity contribution in [1.29, 1.82) is 0 Å². The van der Waals surface area contributed by atoms with Gasteiger partial charge in [0.25, 0.3) is 16.3 Å². The summed E-state index contributed by atoms with van der Waals surface area (Å²) in [6, 6.07) is 0. The van der Waals surface area contributed by atoms with Gasteiger partial charge in [-0.2, -0.15) is 0 Å². The fraction of sp³-hybridized carbons (Fsp3) is 0.714. The van der Waals surface area contributed by atoms with Gasteiger partial charge in [-0.1, -0.05) is 51.1 Å². The number of allylic oxidation sites excluding steroid dienone is 1. The summed E-state index contributed by atoms with van der Waals surface area (Å²) < 4.78 is 12.2. The lowest BCUT2D eigenvalue weighted by Gasteiger charge is -2.13. The van der Waals surface area contributed by atoms with Crippen LogP contribution in [0.15, 0.2) is 22.0 Å². The molecule has 18 heavy (non-hydrogen) atoms. The Kier molecular flexibility index (Phi) is 13.3. The Labute approximate surface area is 125 Å². The number of hydrogen-bond acceptors (Lipinski definition) is 2. The maximum absolute atomic E-state index is 5.69. The smallest absolute Gasteiger partial charge is 0.291 e. The summed E-state index contributed by atoms with van der Waals surface area (Å²) in [5, 5.41) is 0. The number of unbranched alkanes of at least 4 members (excludes halogenated alkanes) is 4. The van der Waals surface area contributed by atoms with Gasteiger partial charge in [0.1, 0.15) is 5.76 Å². The summed E-state index contributed by atoms with van der Waals surface area (Å²) in [7, 11) is 0. The number of ether oxygens (including phenoxy) is 2. The Morgan fingerprint density at radius 3 is 2.06 bits per heavy atom. The van der Waals surface area contributed by atoms with Crippen LogP contribution in [0.5, 0.6) is 0 Å². The first-order valence-corrected chi connectivity index (χ1v) is 7.99. The van der Waals surface area contributed by atoms with E-state index in [-0.39, 0.29) is 0 Å². The molecular weight excluding hydrogens is 263 g/mol. The fourth-order valence-electron chi connectivity index (χ4n) is 1.43. The number of rotatable bonds is 11. The molecule has 0 saturated heterocycles. The van der Waals surface area contributed by atoms with Gasteiger partial charge in [-0.15, -0.1) is 0 Å². The minimum absolute atomic E-state index is 0.727. The maximum Gasteiger partial charge on any atom is 0.291 e. The second-order valence-corrected chi connectivity index (χ2v) is 5.09. The first-order valence-electron chi connectivity index (χ1n) is 6.84. The summed E-state index contributed by atoms with van der Waals surface area (Å²) >= 11 is 7.33. The molecule has 0 atom stereocenters. The molecule has 0 aromatic heterocycles. The van der Waals surface area contributed by atoms with Gasteiger partial charge in [-0.25, -0.2) is 0 Å². The second kappa shape index (κ2) is 13.3. The van der Waals surface area contributed by atoms with E-state index in [4.69, 9.17) is 21.1 Å². The van der Waals surface area contributed by atoms with E-state index in [1.165, 1.54) is 31.2 Å². The van der Waals surface area contributed by atoms with E-state index in [9.17, 15) is 0 Å². The number of halogens is 1. The summed E-state index contributed by atoms with van der Waals surface area (Å²) in [5.41, 5.74) is 1.47. The van der Waals surface area contributed by atoms with Crippen molar-refractivity contribution in [3.8, 4) is 0 Å². The van der Waals surface area contributed by atoms with Crippen LogP contribution in [0.4, 0.5) is 0 Å². The van der Waals surface area contributed by atoms with E-state index in [0.29, 0.717) is 0 Å². The van der Waals surface area contributed by atoms with Gasteiger partial charge < -0.3 is 9.47 Å². The predicted octanol–water partition coefficient (Wildman–Crippen LogP) is 4.22. The monoisotopic (exact) mass is 287 g/mol. The minimum atomic E-state index is 0.727. The van der Waals surface area contributed by atoms with Crippen molar-refractivity contribution in [2.75, 3.05) is 13.2 Å². The normalized spacial score (nSPS) is 12.6. The molecular formula is C14H25AlClO2. The molecule has 0 fully saturated rings. The highest BCUT2D eigenvalue weighted by atomic mass is 35.5. The van der Waals surface area contributed by atoms with Crippen LogP contribution in [0.3, 0.4) is 0 Å². The van der Waals surface area contributed by atoms with E-state index >= 15 is 0 Å². The van der Waals surface area contributed by atoms with Crippen LogP contribution in [-0.4, -0.2) is 29.5 Å². The molecule has 0 aromatic rings. The van der Waals surface area contributed by atoms with Gasteiger partial charge in [-0.3, -0.25) is 0 Å². The molecule has 0 aromatic carbocycles. The van der Waals surface area contributed by atoms with Crippen molar-refractivity contribution in [2.24, 2.45) is 0 Å². The van der Waals surface area contributed by atoms with Crippen molar-refractivity contribution in [2.45, 2.75) is 52.4 Å². The van der Waals surface area contributed by atoms with Crippen LogP contribution in [0.25, 0.3) is 0 Å². The van der Waals surface area contributed by atoms with Crippen molar-refractivity contribution in [3.05, 3.63) is 22.0 Å². The predicted molar refractivity (Wildman–Crippen MR) is 80.1 cm³/mol. The van der Waals surface area contributed by atoms with Crippen molar-refractivity contribution in [1.82, 2.24) is 0 Å². The highest BCUT2D eigenvalue weighted by Crippen LogP contribution is 2.10. The van der Waals surface area contributed by atoms with Gasteiger partial charge in [0.05, 0.1) is 13.2 Å². The molecule has 0 saturated carbocycles. The number of hydrogen-bond donors (Lipinski definition) is 0. The Bertz CT molecular complexity index is 252. The third-order valence-electron chi connectivity index (χ3n) is 2.52. The average molecular weight is 288 g/mol. The molecule has 0 amide bonds. The Morgan fingerprint density at radius 1 is 1.00 bits per heavy atom. The lowest BCUT2D eigenvalue weighted by atomic mass is 10.3. The highest BCUT2D eigenvalue weighted by Gasteiger charge is 2.01. The van der Waals surface area contributed by atoms with E-state index in [1.807, 2.05) is 0 Å². The van der Waals surface area contributed by atoms with Crippen molar-refractivity contribution < 1.29 is 9.47 Å². The lowest BCUT2D eigenvalue weighted by molar-refractivity contribution is 0.171. The van der Waals surface area contributed by atoms with Crippen LogP contribution in [-0.2, 0) is 9.47 Å². The first-order chi connectivity index (χ1) is 8.76. The first kappa shape index (κ1) is 17.9. The van der Waals surface area contributed by atoms with E-state index < -0.39 is 0 Å². The van der Waals surface area contributed by atoms with Gasteiger partial charge in [0.2, 0.25) is 0 Å². The molecule has 1 radical (unpaired) electrons. The maximum atomic E-state index is 5.69. The lowest BCUT2D eigenvalue weighted by Crippen LogP contribution is -2.02. The van der Waals surface area contributed by atoms with E-state index in [2.05, 4.69) is 13.8 Å². The molecule has 0 unspecified atom stereocenters. The molecule has 0 N–H and O–H groups in total. The second-order valence-electron chi connectivity index (χ2n) is 4.19. The van der Waals surface area contributed by atoms with Crippen LogP contribution >= 0.6 is 11.6 Å². The fourth-order valence-corrected chi connectivity index (χ4v) is 1.91. The SMILES string of the molecule is CCCCCO[C]([AlH])=C(C=CCl)OCCCCC. The third kappa shape index (κ3) is 9.88. The molecule has 0 aliphatic rings. The quantitative estimate of drug-likeness (QED) is 0.245. The molecule has 2 nitrogen and oxygen atoms in total. The van der Waals surface area contributed by atoms with Crippen LogP contribution in [0.2, 0.25) is 0 Å². The average Bonchev–Trinajstić information content (AvgIpc) is 2.38. The molecule has 0 heterocycles. The van der Waals surface area contributed by atoms with Crippen molar-refractivity contribution >= 4 is 27.9 Å². The van der Waals surface area contributed by atoms with Crippen LogP contribution in [0, 0.1) is 0 Å². The largest absolute Gasteiger partial charge is 0.515 e. The third-order valence-corrected chi connectivity index (χ3v) is 3.20. The van der Waals surface area contributed by atoms with Gasteiger partial charge in [-0.05, 0) is 18.9 Å². The summed E-state index contributed by atoms with van der Waals surface area (Å²) in [6.07, 6.45) is 8.72. The molecule has 0 rings (SSSR count). The molecule has 4 heteroatoms. The Morgan fingerprint density at radius 2 is 1.56 bits per heavy atom. The summed E-state index contributed by atoms with van der Waals surface area (Å²) in [6.45, 7) is 5.84. The van der Waals surface area contributed by atoms with Gasteiger partial charge in [0.15, 0.2) is 0 Å². The van der Waals surface area contributed by atoms with E-state index in [1.54, 1.807) is 22.4 Å². The zero-order valence-electron chi connectivity index (χ0n) is 11.7. The topological polar surface area (TPSA) is 18.5 Å². The van der Waals surface area contributed by atoms with Crippen LogP contribution in [0.1, 0.15) is 52.4 Å². The summed E-state index contributed by atoms with van der Waals surface area (Å²) in [4.78, 5) is 0. The zero-order chi connectivity index (χ0) is 13.6. The molecule has 0 aliphatic carbocycles. The van der Waals surface area contributed by atoms with Crippen LogP contribution < -0.4 is 0 Å². The molecule has 0 spiro atoms. The van der Waals surface area contributed by atoms with Gasteiger partial charge >= 0.3 is 0 Å². The Balaban J connectivity index is 4.08. The molecule has 103 valence electrons. The zero-order valence-corrected chi connectivity index (χ0v) is 13.9. The highest BCUT2D eigenvalue weighted by molar-refractivity contribution is 6.25. The van der Waals surface area contributed by atoms with Crippen molar-refractivity contribution in [3.63, 3.8) is 0 Å². The van der Waals surface area contributed by atoms with Gasteiger partial charge in [0, 0.05) is 10.2 Å². The molecule has 0 aliphatic heterocycles. The minimum Gasteiger partial charge on any atom is -0.515 e. The standard InChI is InChI=1S/C14H24ClO2.Al.H/c1-3-5-7-11-16-13-14(9-10-15)17-12-8-6-4-2;;/h9-10H,3-8,11-12H2,1-2H3;;. The van der Waals surface area contributed by atoms with E-state index in [0.717, 1.165) is 36.4 Å². The molecule has 0 bridgehead atoms.